The summed E-state index contributed by atoms with van der Waals surface area (Å²) in [6.45, 7) is 1.32. The Hall–Kier alpha value is -2.15. The Kier molecular flexibility index (Phi) is 4.34. The van der Waals surface area contributed by atoms with Crippen LogP contribution in [0.5, 0.6) is 0 Å². The Morgan fingerprint density at radius 1 is 1.35 bits per heavy atom. The molecule has 0 bridgehead atoms. The van der Waals surface area contributed by atoms with Crippen LogP contribution in [0.2, 0.25) is 0 Å². The minimum atomic E-state index is -1.90. The third-order valence-corrected chi connectivity index (χ3v) is 4.49. The highest BCUT2D eigenvalue weighted by atomic mass is 19.1. The topological polar surface area (TPSA) is 98.9 Å². The summed E-state index contributed by atoms with van der Waals surface area (Å²) in [5.74, 6) is -3.25. The maximum Gasteiger partial charge on any atom is 0.313 e. The lowest BCUT2D eigenvalue weighted by Gasteiger charge is -2.36. The van der Waals surface area contributed by atoms with Crippen LogP contribution in [-0.2, 0) is 24.7 Å². The molecular weight excluding hydrogens is 305 g/mol. The van der Waals surface area contributed by atoms with Gasteiger partial charge in [0.25, 0.3) is 0 Å². The lowest BCUT2D eigenvalue weighted by molar-refractivity contribution is -0.172. The van der Waals surface area contributed by atoms with Crippen molar-refractivity contribution in [2.45, 2.75) is 25.4 Å². The number of ether oxygens (including phenoxy) is 2. The minimum Gasteiger partial charge on any atom is -0.469 e. The van der Waals surface area contributed by atoms with E-state index in [9.17, 15) is 19.1 Å². The number of nitrogens with two attached hydrogens (primary N) is 1. The van der Waals surface area contributed by atoms with Crippen molar-refractivity contribution in [3.05, 3.63) is 29.6 Å². The third kappa shape index (κ3) is 2.76. The Bertz CT molecular complexity index is 639. The second kappa shape index (κ2) is 5.81. The fraction of sp³-hybridized carbons (Fsp3) is 0.500. The molecule has 6 nitrogen and oxygen atoms in total. The van der Waals surface area contributed by atoms with Gasteiger partial charge in [0.2, 0.25) is 0 Å². The highest BCUT2D eigenvalue weighted by Crippen LogP contribution is 2.59. The van der Waals surface area contributed by atoms with Gasteiger partial charge in [0.15, 0.2) is 0 Å². The third-order valence-electron chi connectivity index (χ3n) is 4.49. The summed E-state index contributed by atoms with van der Waals surface area (Å²) in [7, 11) is 2.37. The van der Waals surface area contributed by atoms with E-state index >= 15 is 0 Å². The molecule has 1 aromatic rings. The van der Waals surface area contributed by atoms with Crippen molar-refractivity contribution in [2.24, 2.45) is 11.3 Å². The smallest absolute Gasteiger partial charge is 0.313 e. The Labute approximate surface area is 133 Å². The molecule has 7 heteroatoms. The fourth-order valence-corrected chi connectivity index (χ4v) is 3.18. The van der Waals surface area contributed by atoms with Gasteiger partial charge < -0.3 is 20.3 Å². The zero-order chi connectivity index (χ0) is 17.4. The highest BCUT2D eigenvalue weighted by Gasteiger charge is 2.65. The molecule has 0 spiro atoms. The lowest BCUT2D eigenvalue weighted by atomic mass is 9.72. The summed E-state index contributed by atoms with van der Waals surface area (Å²) in [6.07, 6.45) is 0.732. The van der Waals surface area contributed by atoms with Gasteiger partial charge in [-0.05, 0) is 38.0 Å². The molecule has 0 amide bonds. The summed E-state index contributed by atoms with van der Waals surface area (Å²) in [5, 5.41) is 11.0. The quantitative estimate of drug-likeness (QED) is 0.626. The maximum atomic E-state index is 13.6. The number of aliphatic hydroxyl groups is 1. The van der Waals surface area contributed by atoms with Crippen molar-refractivity contribution in [1.82, 2.24) is 0 Å². The van der Waals surface area contributed by atoms with Crippen LogP contribution in [0.15, 0.2) is 18.2 Å². The molecule has 1 aromatic carbocycles. The second-order valence-corrected chi connectivity index (χ2v) is 5.98. The minimum absolute atomic E-state index is 0.0306. The zero-order valence-corrected chi connectivity index (χ0v) is 13.3. The normalized spacial score (nSPS) is 19.3. The summed E-state index contributed by atoms with van der Waals surface area (Å²) < 4.78 is 23.1. The summed E-state index contributed by atoms with van der Waals surface area (Å²) >= 11 is 0. The van der Waals surface area contributed by atoms with Crippen molar-refractivity contribution in [3.8, 4) is 0 Å². The molecule has 1 saturated carbocycles. The van der Waals surface area contributed by atoms with Crippen LogP contribution < -0.4 is 5.73 Å². The molecule has 23 heavy (non-hydrogen) atoms. The van der Waals surface area contributed by atoms with Crippen LogP contribution in [0.25, 0.3) is 0 Å². The van der Waals surface area contributed by atoms with E-state index in [4.69, 9.17) is 15.2 Å². The molecule has 2 unspecified atom stereocenters. The number of hydrogen-bond acceptors (Lipinski definition) is 6. The van der Waals surface area contributed by atoms with E-state index in [1.165, 1.54) is 20.1 Å². The molecule has 1 aliphatic carbocycles. The number of rotatable bonds is 5. The molecule has 126 valence electrons. The molecule has 0 radical (unpaired) electrons. The maximum absolute atomic E-state index is 13.6. The second-order valence-electron chi connectivity index (χ2n) is 5.98. The number of esters is 2. The van der Waals surface area contributed by atoms with E-state index in [2.05, 4.69) is 0 Å². The fourth-order valence-electron chi connectivity index (χ4n) is 3.18. The van der Waals surface area contributed by atoms with Crippen LogP contribution in [0.3, 0.4) is 0 Å². The van der Waals surface area contributed by atoms with Crippen LogP contribution in [0.4, 0.5) is 10.1 Å². The molecule has 2 rings (SSSR count). The molecule has 0 heterocycles. The van der Waals surface area contributed by atoms with Gasteiger partial charge in [-0.1, -0.05) is 0 Å². The molecule has 2 atom stereocenters. The average molecular weight is 325 g/mol. The van der Waals surface area contributed by atoms with Crippen molar-refractivity contribution >= 4 is 17.6 Å². The number of methoxy groups -OCH3 is 2. The Morgan fingerprint density at radius 2 is 1.96 bits per heavy atom. The van der Waals surface area contributed by atoms with E-state index in [0.29, 0.717) is 12.8 Å². The largest absolute Gasteiger partial charge is 0.469 e. The summed E-state index contributed by atoms with van der Waals surface area (Å²) in [5.41, 5.74) is 2.89. The van der Waals surface area contributed by atoms with Gasteiger partial charge in [-0.15, -0.1) is 0 Å². The Morgan fingerprint density at radius 3 is 2.43 bits per heavy atom. The van der Waals surface area contributed by atoms with Crippen LogP contribution in [0.1, 0.15) is 25.3 Å². The van der Waals surface area contributed by atoms with Gasteiger partial charge in [0.05, 0.1) is 19.6 Å². The van der Waals surface area contributed by atoms with E-state index in [0.717, 1.165) is 19.2 Å². The molecule has 1 fully saturated rings. The standard InChI is InChI=1S/C16H20FNO5/c1-15(21,10-8-9(17)4-5-11(10)18)12(13(19)22-2)16(6-7-16)14(20)23-3/h4-5,8,12,21H,6-7,18H2,1-3H3. The number of hydrogen-bond donors (Lipinski definition) is 2. The first-order valence-electron chi connectivity index (χ1n) is 7.15. The SMILES string of the molecule is COC(=O)C(C1(C(=O)OC)CC1)C(C)(O)c1cc(F)ccc1N. The van der Waals surface area contributed by atoms with Crippen molar-refractivity contribution < 1.29 is 28.6 Å². The van der Waals surface area contributed by atoms with Gasteiger partial charge >= 0.3 is 11.9 Å². The molecule has 0 aliphatic heterocycles. The number of nitrogen functional groups attached to an aromatic ring is 1. The van der Waals surface area contributed by atoms with Crippen LogP contribution in [-0.4, -0.2) is 31.3 Å². The Balaban J connectivity index is 2.57. The number of carbonyl (C=O) groups is 2. The number of anilines is 1. The lowest BCUT2D eigenvalue weighted by Crippen LogP contribution is -2.47. The van der Waals surface area contributed by atoms with Gasteiger partial charge in [-0.3, -0.25) is 9.59 Å². The number of carbonyl (C=O) groups excluding carboxylic acids is 2. The first kappa shape index (κ1) is 17.2. The first-order valence-corrected chi connectivity index (χ1v) is 7.15. The van der Waals surface area contributed by atoms with E-state index in [1.54, 1.807) is 0 Å². The number of benzene rings is 1. The predicted molar refractivity (Wildman–Crippen MR) is 79.6 cm³/mol. The van der Waals surface area contributed by atoms with E-state index in [1.807, 2.05) is 0 Å². The van der Waals surface area contributed by atoms with E-state index < -0.39 is 34.7 Å². The van der Waals surface area contributed by atoms with Gasteiger partial charge in [-0.2, -0.15) is 0 Å². The molecular formula is C16H20FNO5. The number of halogens is 1. The molecule has 1 aliphatic rings. The molecule has 3 N–H and O–H groups in total. The van der Waals surface area contributed by atoms with Crippen molar-refractivity contribution in [1.29, 1.82) is 0 Å². The first-order chi connectivity index (χ1) is 10.7. The van der Waals surface area contributed by atoms with Crippen LogP contribution >= 0.6 is 0 Å². The predicted octanol–water partition coefficient (Wildman–Crippen LogP) is 1.36. The van der Waals surface area contributed by atoms with Crippen molar-refractivity contribution in [2.75, 3.05) is 20.0 Å². The zero-order valence-electron chi connectivity index (χ0n) is 13.3. The average Bonchev–Trinajstić information content (AvgIpc) is 3.29. The van der Waals surface area contributed by atoms with Crippen LogP contribution in [0, 0.1) is 17.2 Å². The molecule has 0 aromatic heterocycles. The van der Waals surface area contributed by atoms with Gasteiger partial charge in [0.1, 0.15) is 17.3 Å². The highest BCUT2D eigenvalue weighted by molar-refractivity contribution is 5.89. The summed E-state index contributed by atoms with van der Waals surface area (Å²) in [4.78, 5) is 24.5. The van der Waals surface area contributed by atoms with Crippen molar-refractivity contribution in [3.63, 3.8) is 0 Å². The van der Waals surface area contributed by atoms with Gasteiger partial charge in [0, 0.05) is 11.3 Å². The summed E-state index contributed by atoms with van der Waals surface area (Å²) in [6, 6.07) is 3.50. The van der Waals surface area contributed by atoms with Gasteiger partial charge in [-0.25, -0.2) is 4.39 Å². The monoisotopic (exact) mass is 325 g/mol. The van der Waals surface area contributed by atoms with E-state index in [-0.39, 0.29) is 11.3 Å². The molecule has 0 saturated heterocycles.